The Kier molecular flexibility index (Phi) is 11.5. The first-order chi connectivity index (χ1) is 27.6. The van der Waals surface area contributed by atoms with E-state index in [9.17, 15) is 37.5 Å². The number of quaternary nitrogens is 1. The van der Waals surface area contributed by atoms with Crippen molar-refractivity contribution >= 4 is 41.0 Å². The van der Waals surface area contributed by atoms with Crippen molar-refractivity contribution in [3.63, 3.8) is 0 Å². The average Bonchev–Trinajstić information content (AvgIpc) is 3.80. The standard InChI is InChI=1S/C39H43ClF3N9O6/c1-48-32(30-21-51(47-34(30)39(41,42)43)27-4-6-28(58-2)7-5-27)20-45-35(48)36(55)46-26-3-8-29(31(40)17-26)38(57)50-13-11-49(12-14-50)37(56)25-9-15-52(16-10-25,23-33(53)54)22-24-18-44-19-24/h3-8,17,20-21,24-25,44H,9-16,18-19,22-23H2,1-2H3,(H-,46,53,54,55,57). The summed E-state index contributed by atoms with van der Waals surface area (Å²) < 4.78 is 50.3. The highest BCUT2D eigenvalue weighted by molar-refractivity contribution is 6.34. The minimum atomic E-state index is -4.80. The van der Waals surface area contributed by atoms with Gasteiger partial charge in [-0.05, 0) is 42.5 Å². The third-order valence-electron chi connectivity index (χ3n) is 11.4. The summed E-state index contributed by atoms with van der Waals surface area (Å²) in [5, 5.41) is 21.3. The number of benzene rings is 2. The number of imidazole rings is 1. The Hall–Kier alpha value is -5.46. The third-order valence-corrected chi connectivity index (χ3v) is 11.7. The van der Waals surface area contributed by atoms with E-state index >= 15 is 0 Å². The molecule has 0 saturated carbocycles. The molecule has 5 heterocycles. The number of carbonyl (C=O) groups is 4. The number of aromatic nitrogens is 4. The molecule has 19 heteroatoms. The number of carboxylic acids is 1. The van der Waals surface area contributed by atoms with Gasteiger partial charge in [0, 0.05) is 82.9 Å². The quantitative estimate of drug-likeness (QED) is 0.216. The fraction of sp³-hybridized carbons (Fsp3) is 0.436. The second-order valence-corrected chi connectivity index (χ2v) is 15.5. The highest BCUT2D eigenvalue weighted by Gasteiger charge is 2.42. The van der Waals surface area contributed by atoms with Gasteiger partial charge in [-0.2, -0.15) is 18.3 Å². The van der Waals surface area contributed by atoms with Gasteiger partial charge in [-0.15, -0.1) is 0 Å². The molecule has 2 N–H and O–H groups in total. The number of amides is 3. The number of hydrogen-bond donors (Lipinski definition) is 2. The maximum atomic E-state index is 14.1. The number of nitrogens with zero attached hydrogens (tertiary/aromatic N) is 7. The summed E-state index contributed by atoms with van der Waals surface area (Å²) in [5.41, 5.74) is -0.641. The number of anilines is 1. The number of aliphatic carboxylic acids is 1. The van der Waals surface area contributed by atoms with Gasteiger partial charge in [0.25, 0.3) is 11.8 Å². The number of methoxy groups -OCH3 is 1. The summed E-state index contributed by atoms with van der Waals surface area (Å²) in [6.07, 6.45) is -1.23. The molecule has 0 spiro atoms. The zero-order valence-corrected chi connectivity index (χ0v) is 32.7. The molecule has 3 aliphatic heterocycles. The van der Waals surface area contributed by atoms with Crippen molar-refractivity contribution in [2.24, 2.45) is 18.9 Å². The SMILES string of the molecule is COc1ccc(-n2cc(-c3cnc(C(=O)Nc4ccc(C(=O)N5CCN(C(=O)C6CC[N+](CC(=O)[O-])(CC7CNC7)CC6)CC5)c(Cl)c4)n3C)c(C(F)(F)F)n2)cc1. The molecule has 3 aliphatic rings. The van der Waals surface area contributed by atoms with Crippen molar-refractivity contribution < 1.29 is 46.7 Å². The predicted octanol–water partition coefficient (Wildman–Crippen LogP) is 2.69. The molecular formula is C39H43ClF3N9O6. The summed E-state index contributed by atoms with van der Waals surface area (Å²) in [6, 6.07) is 10.7. The Morgan fingerprint density at radius 3 is 2.28 bits per heavy atom. The molecule has 3 amide bonds. The molecule has 0 radical (unpaired) electrons. The third kappa shape index (κ3) is 8.54. The van der Waals surface area contributed by atoms with Crippen molar-refractivity contribution in [3.8, 4) is 22.7 Å². The molecule has 0 atom stereocenters. The Bertz CT molecular complexity index is 2190. The number of piperidine rings is 1. The van der Waals surface area contributed by atoms with Crippen LogP contribution in [0.1, 0.15) is 39.5 Å². The minimum Gasteiger partial charge on any atom is -0.544 e. The van der Waals surface area contributed by atoms with E-state index in [2.05, 4.69) is 20.7 Å². The monoisotopic (exact) mass is 825 g/mol. The fourth-order valence-corrected chi connectivity index (χ4v) is 8.35. The van der Waals surface area contributed by atoms with Crippen LogP contribution in [0.3, 0.4) is 0 Å². The van der Waals surface area contributed by atoms with Crippen LogP contribution in [0.15, 0.2) is 54.9 Å². The van der Waals surface area contributed by atoms with Gasteiger partial charge in [-0.3, -0.25) is 14.4 Å². The highest BCUT2D eigenvalue weighted by atomic mass is 35.5. The van der Waals surface area contributed by atoms with Crippen LogP contribution < -0.4 is 20.5 Å². The molecule has 15 nitrogen and oxygen atoms in total. The lowest BCUT2D eigenvalue weighted by Gasteiger charge is -2.47. The summed E-state index contributed by atoms with van der Waals surface area (Å²) in [7, 11) is 2.89. The minimum absolute atomic E-state index is 0.00343. The number of piperazine rings is 1. The first kappa shape index (κ1) is 40.7. The summed E-state index contributed by atoms with van der Waals surface area (Å²) in [6.45, 7) is 4.96. The van der Waals surface area contributed by atoms with Crippen molar-refractivity contribution in [2.45, 2.75) is 19.0 Å². The summed E-state index contributed by atoms with van der Waals surface area (Å²) >= 11 is 6.55. The predicted molar refractivity (Wildman–Crippen MR) is 203 cm³/mol. The number of ether oxygens (including phenoxy) is 1. The molecule has 308 valence electrons. The molecule has 2 aromatic heterocycles. The van der Waals surface area contributed by atoms with Crippen LogP contribution in [0.4, 0.5) is 18.9 Å². The number of nitrogens with one attached hydrogen (secondary N) is 2. The molecular weight excluding hydrogens is 783 g/mol. The fourth-order valence-electron chi connectivity index (χ4n) is 8.09. The molecule has 0 aliphatic carbocycles. The van der Waals surface area contributed by atoms with Crippen LogP contribution in [-0.2, 0) is 22.8 Å². The number of hydrogen-bond acceptors (Lipinski definition) is 9. The Morgan fingerprint density at radius 1 is 1.02 bits per heavy atom. The number of likely N-dealkylation sites (tertiary alicyclic amines) is 1. The summed E-state index contributed by atoms with van der Waals surface area (Å²) in [4.78, 5) is 59.4. The molecule has 7 rings (SSSR count). The first-order valence-electron chi connectivity index (χ1n) is 18.9. The van der Waals surface area contributed by atoms with E-state index in [1.165, 1.54) is 43.1 Å². The van der Waals surface area contributed by atoms with E-state index in [-0.39, 0.29) is 57.6 Å². The van der Waals surface area contributed by atoms with Gasteiger partial charge < -0.3 is 44.1 Å². The number of carbonyl (C=O) groups excluding carboxylic acids is 4. The van der Waals surface area contributed by atoms with E-state index in [4.69, 9.17) is 16.3 Å². The molecule has 0 bridgehead atoms. The zero-order valence-electron chi connectivity index (χ0n) is 31.9. The second kappa shape index (κ2) is 16.4. The van der Waals surface area contributed by atoms with Crippen LogP contribution in [0.25, 0.3) is 16.9 Å². The lowest BCUT2D eigenvalue weighted by Crippen LogP contribution is -2.63. The number of alkyl halides is 3. The molecule has 4 aromatic rings. The first-order valence-corrected chi connectivity index (χ1v) is 19.3. The maximum Gasteiger partial charge on any atom is 0.435 e. The number of rotatable bonds is 11. The maximum absolute atomic E-state index is 14.1. The summed E-state index contributed by atoms with van der Waals surface area (Å²) in [5.74, 6) is -1.55. The van der Waals surface area contributed by atoms with Crippen LogP contribution in [0, 0.1) is 11.8 Å². The molecule has 3 fully saturated rings. The average molecular weight is 826 g/mol. The molecule has 2 aromatic carbocycles. The second-order valence-electron chi connectivity index (χ2n) is 15.1. The van der Waals surface area contributed by atoms with Gasteiger partial charge in [0.15, 0.2) is 11.5 Å². The Balaban J connectivity index is 0.956. The number of carboxylic acid groups (broad SMARTS) is 1. The highest BCUT2D eigenvalue weighted by Crippen LogP contribution is 2.37. The normalized spacial score (nSPS) is 20.1. The van der Waals surface area contributed by atoms with Gasteiger partial charge in [-0.1, -0.05) is 11.6 Å². The topological polar surface area (TPSA) is 167 Å². The Labute approximate surface area is 336 Å². The van der Waals surface area contributed by atoms with Crippen molar-refractivity contribution in [1.29, 1.82) is 0 Å². The zero-order chi connectivity index (χ0) is 41.4. The van der Waals surface area contributed by atoms with E-state index < -0.39 is 23.7 Å². The van der Waals surface area contributed by atoms with Crippen molar-refractivity contribution in [2.75, 3.05) is 77.9 Å². The smallest absolute Gasteiger partial charge is 0.435 e. The van der Waals surface area contributed by atoms with Gasteiger partial charge in [0.05, 0.1) is 66.4 Å². The molecule has 58 heavy (non-hydrogen) atoms. The molecule has 0 unspecified atom stereocenters. The van der Waals surface area contributed by atoms with Crippen LogP contribution in [-0.4, -0.2) is 130 Å². The van der Waals surface area contributed by atoms with Crippen LogP contribution in [0.2, 0.25) is 5.02 Å². The lowest BCUT2D eigenvalue weighted by atomic mass is 9.90. The van der Waals surface area contributed by atoms with Gasteiger partial charge in [0.1, 0.15) is 12.3 Å². The van der Waals surface area contributed by atoms with Gasteiger partial charge >= 0.3 is 6.18 Å². The largest absolute Gasteiger partial charge is 0.544 e. The van der Waals surface area contributed by atoms with E-state index in [0.717, 1.165) is 30.5 Å². The van der Waals surface area contributed by atoms with Crippen LogP contribution >= 0.6 is 11.6 Å². The van der Waals surface area contributed by atoms with Gasteiger partial charge in [0.2, 0.25) is 5.91 Å². The van der Waals surface area contributed by atoms with E-state index in [1.54, 1.807) is 34.1 Å². The van der Waals surface area contributed by atoms with Crippen LogP contribution in [0.5, 0.6) is 5.75 Å². The molecule has 3 saturated heterocycles. The van der Waals surface area contributed by atoms with Crippen molar-refractivity contribution in [1.82, 2.24) is 34.4 Å². The Morgan fingerprint density at radius 2 is 1.69 bits per heavy atom. The number of halogens is 4. The van der Waals surface area contributed by atoms with E-state index in [0.29, 0.717) is 73.9 Å². The lowest BCUT2D eigenvalue weighted by molar-refractivity contribution is -0.931. The van der Waals surface area contributed by atoms with Gasteiger partial charge in [-0.25, -0.2) is 9.67 Å². The van der Waals surface area contributed by atoms with Crippen molar-refractivity contribution in [3.05, 3.63) is 77.0 Å². The van der Waals surface area contributed by atoms with E-state index in [1.807, 2.05) is 0 Å².